The number of phosphoric acid groups is 1. The lowest BCUT2D eigenvalue weighted by atomic mass is 10.0. The third kappa shape index (κ3) is 53.5. The lowest BCUT2D eigenvalue weighted by molar-refractivity contribution is -0.870. The zero-order valence-corrected chi connectivity index (χ0v) is 49.2. The molecule has 0 saturated carbocycles. The highest BCUT2D eigenvalue weighted by Crippen LogP contribution is 2.43. The van der Waals surface area contributed by atoms with Gasteiger partial charge < -0.3 is 19.4 Å². The van der Waals surface area contributed by atoms with Crippen LogP contribution in [0.15, 0.2) is 109 Å². The molecule has 0 rings (SSSR count). The number of carbonyl (C=O) groups is 2. The number of phosphoric ester groups is 1. The average molecular weight is 1050 g/mol. The molecule has 10 heteroatoms. The number of quaternary nitrogens is 1. The predicted octanol–water partition coefficient (Wildman–Crippen LogP) is 18.2. The fraction of sp³-hybridized carbons (Fsp3) is 0.688. The summed E-state index contributed by atoms with van der Waals surface area (Å²) < 4.78 is 30.6. The van der Waals surface area contributed by atoms with Gasteiger partial charge in [0.05, 0.1) is 33.8 Å². The molecule has 0 aliphatic rings. The molecule has 2 N–H and O–H groups in total. The molecule has 9 nitrogen and oxygen atoms in total. The number of nitrogens with zero attached hydrogens (tertiary/aromatic N) is 1. The summed E-state index contributed by atoms with van der Waals surface area (Å²) in [6.45, 7) is 6.81. The monoisotopic (exact) mass is 1050 g/mol. The van der Waals surface area contributed by atoms with E-state index in [0.717, 1.165) is 103 Å². The molecule has 0 heterocycles. The minimum absolute atomic E-state index is 0.0227. The van der Waals surface area contributed by atoms with Crippen LogP contribution in [0.3, 0.4) is 0 Å². The number of carbonyl (C=O) groups excluding carboxylic acids is 2. The first-order valence-corrected chi connectivity index (χ1v) is 31.2. The van der Waals surface area contributed by atoms with Gasteiger partial charge in [-0.1, -0.05) is 214 Å². The molecule has 0 aliphatic heterocycles. The number of rotatable bonds is 52. The molecular weight excluding hydrogens is 940 g/mol. The Bertz CT molecular complexity index is 1640. The SMILES string of the molecule is CC/C=C/C/C=C/C/C=C/C/C=C/CCCCCC(=O)NC(COP(=O)(O)OCC[N+](C)(C)C)C(/C=C/CCCCCCCCCCCCC)OC(=O)CCCCC/C=C\C/C=C\C/C=C\C/C=C\CCCCC. The van der Waals surface area contributed by atoms with Crippen molar-refractivity contribution in [1.82, 2.24) is 5.32 Å². The van der Waals surface area contributed by atoms with Crippen molar-refractivity contribution in [2.45, 2.75) is 245 Å². The van der Waals surface area contributed by atoms with Crippen LogP contribution in [0.2, 0.25) is 0 Å². The molecule has 0 radical (unpaired) electrons. The number of nitrogens with one attached hydrogen (secondary N) is 1. The van der Waals surface area contributed by atoms with Crippen molar-refractivity contribution in [3.63, 3.8) is 0 Å². The van der Waals surface area contributed by atoms with E-state index in [1.165, 1.54) is 83.5 Å². The van der Waals surface area contributed by atoms with Gasteiger partial charge in [0.25, 0.3) is 0 Å². The van der Waals surface area contributed by atoms with Crippen LogP contribution in [0.5, 0.6) is 0 Å². The summed E-state index contributed by atoms with van der Waals surface area (Å²) in [6.07, 6.45) is 72.3. The first-order chi connectivity index (χ1) is 35.9. The second-order valence-corrected chi connectivity index (χ2v) is 22.2. The number of unbranched alkanes of at least 4 members (excludes halogenated alkanes) is 20. The van der Waals surface area contributed by atoms with Crippen LogP contribution in [0.1, 0.15) is 233 Å². The molecular formula is C64H112N2O7P+. The van der Waals surface area contributed by atoms with Gasteiger partial charge in [-0.25, -0.2) is 4.57 Å². The van der Waals surface area contributed by atoms with Crippen LogP contribution >= 0.6 is 7.82 Å². The summed E-state index contributed by atoms with van der Waals surface area (Å²) in [4.78, 5) is 37.6. The van der Waals surface area contributed by atoms with E-state index in [9.17, 15) is 19.0 Å². The van der Waals surface area contributed by atoms with Crippen molar-refractivity contribution in [2.24, 2.45) is 0 Å². The first kappa shape index (κ1) is 70.7. The van der Waals surface area contributed by atoms with E-state index in [4.69, 9.17) is 13.8 Å². The first-order valence-electron chi connectivity index (χ1n) is 29.7. The van der Waals surface area contributed by atoms with Crippen molar-refractivity contribution in [3.05, 3.63) is 109 Å². The number of ether oxygens (including phenoxy) is 1. The van der Waals surface area contributed by atoms with Crippen LogP contribution < -0.4 is 5.32 Å². The fourth-order valence-electron chi connectivity index (χ4n) is 7.85. The van der Waals surface area contributed by atoms with Crippen molar-refractivity contribution < 1.29 is 37.3 Å². The zero-order valence-electron chi connectivity index (χ0n) is 48.3. The molecule has 0 fully saturated rings. The summed E-state index contributed by atoms with van der Waals surface area (Å²) in [6, 6.07) is -0.885. The van der Waals surface area contributed by atoms with Gasteiger partial charge in [0.2, 0.25) is 5.91 Å². The summed E-state index contributed by atoms with van der Waals surface area (Å²) in [7, 11) is 1.44. The summed E-state index contributed by atoms with van der Waals surface area (Å²) in [5, 5.41) is 3.02. The molecule has 74 heavy (non-hydrogen) atoms. The Morgan fingerprint density at radius 3 is 1.32 bits per heavy atom. The molecule has 424 valence electrons. The second kappa shape index (κ2) is 53.1. The van der Waals surface area contributed by atoms with Crippen molar-refractivity contribution in [1.29, 1.82) is 0 Å². The van der Waals surface area contributed by atoms with Gasteiger partial charge >= 0.3 is 13.8 Å². The van der Waals surface area contributed by atoms with Gasteiger partial charge in [0, 0.05) is 12.8 Å². The van der Waals surface area contributed by atoms with E-state index in [2.05, 4.69) is 123 Å². The number of amides is 1. The summed E-state index contributed by atoms with van der Waals surface area (Å²) in [5.74, 6) is -0.585. The molecule has 3 atom stereocenters. The third-order valence-electron chi connectivity index (χ3n) is 12.4. The number of allylic oxidation sites excluding steroid dienone is 17. The van der Waals surface area contributed by atoms with E-state index in [-0.39, 0.29) is 37.9 Å². The summed E-state index contributed by atoms with van der Waals surface area (Å²) >= 11 is 0. The lowest BCUT2D eigenvalue weighted by Gasteiger charge is -2.27. The highest BCUT2D eigenvalue weighted by atomic mass is 31.2. The molecule has 0 bridgehead atoms. The molecule has 1 amide bonds. The number of esters is 1. The van der Waals surface area contributed by atoms with E-state index in [0.29, 0.717) is 23.9 Å². The van der Waals surface area contributed by atoms with E-state index in [1.54, 1.807) is 0 Å². The Morgan fingerprint density at radius 1 is 0.486 bits per heavy atom. The molecule has 0 saturated heterocycles. The Labute approximate surface area is 455 Å². The molecule has 0 aromatic heterocycles. The Kier molecular flexibility index (Phi) is 50.7. The number of hydrogen-bond acceptors (Lipinski definition) is 6. The maximum Gasteiger partial charge on any atom is 0.472 e. The van der Waals surface area contributed by atoms with Crippen molar-refractivity contribution in [2.75, 3.05) is 40.9 Å². The van der Waals surface area contributed by atoms with Crippen LogP contribution in [0.25, 0.3) is 0 Å². The Hall–Kier alpha value is -3.33. The van der Waals surface area contributed by atoms with Gasteiger partial charge in [0.15, 0.2) is 0 Å². The third-order valence-corrected chi connectivity index (χ3v) is 13.4. The minimum atomic E-state index is -4.47. The van der Waals surface area contributed by atoms with E-state index < -0.39 is 20.0 Å². The molecule has 0 aromatic carbocycles. The van der Waals surface area contributed by atoms with Gasteiger partial charge in [-0.3, -0.25) is 18.6 Å². The Balaban J connectivity index is 5.47. The highest BCUT2D eigenvalue weighted by molar-refractivity contribution is 7.47. The van der Waals surface area contributed by atoms with Gasteiger partial charge in [-0.2, -0.15) is 0 Å². The standard InChI is InChI=1S/C64H111N2O7P/c1-7-10-13-16-19-22-25-28-30-32-33-34-36-39-42-45-48-51-54-57-64(68)73-62(55-52-49-46-43-40-37-27-24-21-18-15-12-9-3)61(60-72-74(69,70)71-59-58-66(4,5)6)65-63(67)56-53-50-47-44-41-38-35-31-29-26-23-20-17-14-11-8-2/h11,14,19-20,22-23,28-31,33-34,38-39,41-42,52,55,61-62H,7-10,12-13,15-18,21,24-27,32,35-37,40,43-51,53-54,56-60H2,1-6H3,(H-,65,67,69,70)/p+1/b14-11+,22-19-,23-20+,30-28-,31-29+,34-33-,41-38+,42-39-,55-52+. The smallest absolute Gasteiger partial charge is 0.456 e. The predicted molar refractivity (Wildman–Crippen MR) is 318 cm³/mol. The fourth-order valence-corrected chi connectivity index (χ4v) is 8.59. The highest BCUT2D eigenvalue weighted by Gasteiger charge is 2.30. The maximum atomic E-state index is 13.5. The molecule has 0 aliphatic carbocycles. The van der Waals surface area contributed by atoms with Gasteiger partial charge in [-0.15, -0.1) is 0 Å². The van der Waals surface area contributed by atoms with Crippen LogP contribution in [0, 0.1) is 0 Å². The van der Waals surface area contributed by atoms with Crippen LogP contribution in [0.4, 0.5) is 0 Å². The zero-order chi connectivity index (χ0) is 54.3. The quantitative estimate of drug-likeness (QED) is 0.0205. The molecule has 0 spiro atoms. The van der Waals surface area contributed by atoms with Crippen LogP contribution in [-0.4, -0.2) is 74.3 Å². The van der Waals surface area contributed by atoms with E-state index >= 15 is 0 Å². The topological polar surface area (TPSA) is 111 Å². The van der Waals surface area contributed by atoms with Crippen molar-refractivity contribution in [3.8, 4) is 0 Å². The summed E-state index contributed by atoms with van der Waals surface area (Å²) in [5.41, 5.74) is 0. The number of hydrogen-bond donors (Lipinski definition) is 2. The maximum absolute atomic E-state index is 13.5. The van der Waals surface area contributed by atoms with Crippen molar-refractivity contribution >= 4 is 19.7 Å². The van der Waals surface area contributed by atoms with Gasteiger partial charge in [0.1, 0.15) is 19.3 Å². The normalized spacial score (nSPS) is 14.5. The minimum Gasteiger partial charge on any atom is -0.456 e. The van der Waals surface area contributed by atoms with Crippen LogP contribution in [-0.2, 0) is 27.9 Å². The van der Waals surface area contributed by atoms with Gasteiger partial charge in [-0.05, 0) is 115 Å². The average Bonchev–Trinajstić information content (AvgIpc) is 3.36. The van der Waals surface area contributed by atoms with E-state index in [1.807, 2.05) is 33.3 Å². The number of likely N-dealkylation sites (N-methyl/N-ethyl adjacent to an activating group) is 1. The second-order valence-electron chi connectivity index (χ2n) is 20.8. The molecule has 0 aromatic rings. The lowest BCUT2D eigenvalue weighted by Crippen LogP contribution is -2.47. The molecule has 3 unspecified atom stereocenters. The Morgan fingerprint density at radius 2 is 0.865 bits per heavy atom. The largest absolute Gasteiger partial charge is 0.472 e.